The van der Waals surface area contributed by atoms with Crippen LogP contribution in [0.3, 0.4) is 0 Å². The number of aliphatic hydroxyl groups excluding tert-OH is 2. The summed E-state index contributed by atoms with van der Waals surface area (Å²) in [5.41, 5.74) is 1.37. The van der Waals surface area contributed by atoms with Crippen LogP contribution in [0.4, 0.5) is 5.69 Å². The van der Waals surface area contributed by atoms with E-state index in [1.807, 2.05) is 0 Å². The molecule has 0 spiro atoms. The van der Waals surface area contributed by atoms with E-state index in [-0.39, 0.29) is 19.1 Å². The molecule has 0 fully saturated rings. The number of benzene rings is 1. The Kier molecular flexibility index (Phi) is 5.26. The lowest BCUT2D eigenvalue weighted by Gasteiger charge is -2.11. The average molecular weight is 301 g/mol. The average Bonchev–Trinajstić information content (AvgIpc) is 3.31. The van der Waals surface area contributed by atoms with Gasteiger partial charge >= 0.3 is 0 Å². The van der Waals surface area contributed by atoms with Crippen LogP contribution in [-0.4, -0.2) is 21.8 Å². The summed E-state index contributed by atoms with van der Waals surface area (Å²) >= 11 is 0. The van der Waals surface area contributed by atoms with Crippen molar-refractivity contribution in [1.29, 1.82) is 0 Å². The fourth-order valence-electron chi connectivity index (χ4n) is 2.21. The normalized spacial score (nSPS) is 14.4. The van der Waals surface area contributed by atoms with Gasteiger partial charge in [0.2, 0.25) is 5.91 Å². The zero-order chi connectivity index (χ0) is 16.0. The number of terminal acetylenes is 1. The quantitative estimate of drug-likeness (QED) is 0.641. The fraction of sp³-hybridized carbons (Fsp3) is 0.438. The molecule has 116 valence electrons. The van der Waals surface area contributed by atoms with Crippen LogP contribution in [0.1, 0.15) is 36.8 Å². The number of hydrogen-bond acceptors (Lipinski definition) is 5. The maximum Gasteiger partial charge on any atom is 0.224 e. The molecule has 0 aliphatic carbocycles. The largest absolute Gasteiger partial charge is 0.392 e. The van der Waals surface area contributed by atoms with Crippen LogP contribution in [0.25, 0.3) is 0 Å². The number of carbonyl (C=O) groups is 1. The number of carbonyl (C=O) groups excluding carboxylic acids is 1. The van der Waals surface area contributed by atoms with Crippen molar-refractivity contribution in [3.8, 4) is 12.3 Å². The topological polar surface area (TPSA) is 94.3 Å². The van der Waals surface area contributed by atoms with E-state index in [4.69, 9.17) is 11.5 Å². The van der Waals surface area contributed by atoms with E-state index >= 15 is 0 Å². The van der Waals surface area contributed by atoms with Gasteiger partial charge in [-0.15, -0.1) is 12.3 Å². The molecule has 0 unspecified atom stereocenters. The van der Waals surface area contributed by atoms with Gasteiger partial charge in [0.1, 0.15) is 0 Å². The van der Waals surface area contributed by atoms with E-state index in [9.17, 15) is 9.90 Å². The van der Waals surface area contributed by atoms with Crippen molar-refractivity contribution in [3.63, 3.8) is 0 Å². The zero-order valence-corrected chi connectivity index (χ0v) is 12.2. The Labute approximate surface area is 129 Å². The Morgan fingerprint density at radius 2 is 1.95 bits per heavy atom. The molecule has 1 aliphatic rings. The first kappa shape index (κ1) is 16.1. The van der Waals surface area contributed by atoms with Gasteiger partial charge in [0, 0.05) is 31.4 Å². The molecule has 0 saturated heterocycles. The third-order valence-corrected chi connectivity index (χ3v) is 3.64. The molecule has 0 radical (unpaired) electrons. The second kappa shape index (κ2) is 7.16. The third-order valence-electron chi connectivity index (χ3n) is 3.64. The van der Waals surface area contributed by atoms with Gasteiger partial charge < -0.3 is 15.5 Å². The SMILES string of the molecule is C#CCCC1(CCC(=O)Nc2ccc(CO)c(CO)c2)N=N1. The Hall–Kier alpha value is -2.23. The molecule has 0 saturated carbocycles. The first-order valence-electron chi connectivity index (χ1n) is 7.13. The van der Waals surface area contributed by atoms with Gasteiger partial charge in [0.05, 0.1) is 13.2 Å². The van der Waals surface area contributed by atoms with Crippen molar-refractivity contribution in [2.75, 3.05) is 5.32 Å². The van der Waals surface area contributed by atoms with E-state index < -0.39 is 5.66 Å². The molecule has 2 rings (SSSR count). The van der Waals surface area contributed by atoms with E-state index in [1.54, 1.807) is 18.2 Å². The number of hydrogen-bond donors (Lipinski definition) is 3. The second-order valence-corrected chi connectivity index (χ2v) is 5.23. The first-order valence-corrected chi connectivity index (χ1v) is 7.13. The summed E-state index contributed by atoms with van der Waals surface area (Å²) in [6.07, 6.45) is 7.34. The molecule has 0 bridgehead atoms. The molecule has 1 aromatic rings. The molecule has 6 nitrogen and oxygen atoms in total. The number of rotatable bonds is 8. The minimum atomic E-state index is -0.458. The zero-order valence-electron chi connectivity index (χ0n) is 12.2. The molecule has 0 aromatic heterocycles. The summed E-state index contributed by atoms with van der Waals surface area (Å²) in [5, 5.41) is 29.1. The smallest absolute Gasteiger partial charge is 0.224 e. The molecule has 6 heteroatoms. The maximum absolute atomic E-state index is 12.0. The van der Waals surface area contributed by atoms with Crippen molar-refractivity contribution in [3.05, 3.63) is 29.3 Å². The highest BCUT2D eigenvalue weighted by atomic mass is 16.3. The molecular weight excluding hydrogens is 282 g/mol. The van der Waals surface area contributed by atoms with Crippen LogP contribution in [0.2, 0.25) is 0 Å². The Bertz CT molecular complexity index is 614. The van der Waals surface area contributed by atoms with E-state index in [2.05, 4.69) is 21.5 Å². The van der Waals surface area contributed by atoms with Gasteiger partial charge in [-0.3, -0.25) is 4.79 Å². The Morgan fingerprint density at radius 1 is 1.23 bits per heavy atom. The number of nitrogens with one attached hydrogen (secondary N) is 1. The lowest BCUT2D eigenvalue weighted by molar-refractivity contribution is -0.116. The highest BCUT2D eigenvalue weighted by molar-refractivity contribution is 5.90. The van der Waals surface area contributed by atoms with Gasteiger partial charge in [-0.05, 0) is 23.3 Å². The highest BCUT2D eigenvalue weighted by Crippen LogP contribution is 2.37. The molecule has 1 aliphatic heterocycles. The van der Waals surface area contributed by atoms with Crippen molar-refractivity contribution >= 4 is 11.6 Å². The molecule has 0 atom stereocenters. The highest BCUT2D eigenvalue weighted by Gasteiger charge is 2.39. The minimum absolute atomic E-state index is 0.141. The molecular formula is C16H19N3O3. The molecule has 1 amide bonds. The molecule has 22 heavy (non-hydrogen) atoms. The van der Waals surface area contributed by atoms with E-state index in [0.29, 0.717) is 42.5 Å². The van der Waals surface area contributed by atoms with Crippen LogP contribution in [-0.2, 0) is 18.0 Å². The van der Waals surface area contributed by atoms with Gasteiger partial charge in [-0.1, -0.05) is 6.07 Å². The molecule has 1 aromatic carbocycles. The Balaban J connectivity index is 1.86. The van der Waals surface area contributed by atoms with Gasteiger partial charge in [0.25, 0.3) is 0 Å². The Morgan fingerprint density at radius 3 is 2.55 bits per heavy atom. The van der Waals surface area contributed by atoms with Crippen LogP contribution in [0.5, 0.6) is 0 Å². The number of amides is 1. The first-order chi connectivity index (χ1) is 10.6. The van der Waals surface area contributed by atoms with Crippen LogP contribution in [0, 0.1) is 12.3 Å². The standard InChI is InChI=1S/C16H19N3O3/c1-2-3-7-16(18-19-16)8-6-15(22)17-14-5-4-12(10-20)13(9-14)11-21/h1,4-5,9,20-21H,3,6-8,10-11H2,(H,17,22). The summed E-state index contributed by atoms with van der Waals surface area (Å²) in [4.78, 5) is 12.0. The minimum Gasteiger partial charge on any atom is -0.392 e. The predicted molar refractivity (Wildman–Crippen MR) is 81.8 cm³/mol. The van der Waals surface area contributed by atoms with Gasteiger partial charge in [-0.2, -0.15) is 10.2 Å². The summed E-state index contributed by atoms with van der Waals surface area (Å²) < 4.78 is 0. The van der Waals surface area contributed by atoms with Crippen LogP contribution in [0.15, 0.2) is 28.4 Å². The lowest BCUT2D eigenvalue weighted by atomic mass is 10.0. The van der Waals surface area contributed by atoms with Crippen LogP contribution >= 0.6 is 0 Å². The summed E-state index contributed by atoms with van der Waals surface area (Å²) in [6, 6.07) is 5.03. The van der Waals surface area contributed by atoms with Crippen molar-refractivity contribution in [2.24, 2.45) is 10.2 Å². The summed E-state index contributed by atoms with van der Waals surface area (Å²) in [6.45, 7) is -0.336. The van der Waals surface area contributed by atoms with E-state index in [0.717, 1.165) is 0 Å². The fourth-order valence-corrected chi connectivity index (χ4v) is 2.21. The second-order valence-electron chi connectivity index (χ2n) is 5.23. The summed E-state index contributed by atoms with van der Waals surface area (Å²) in [5.74, 6) is 2.41. The van der Waals surface area contributed by atoms with Gasteiger partial charge in [-0.25, -0.2) is 0 Å². The van der Waals surface area contributed by atoms with Crippen molar-refractivity contribution in [2.45, 2.75) is 44.6 Å². The van der Waals surface area contributed by atoms with Crippen molar-refractivity contribution in [1.82, 2.24) is 0 Å². The molecule has 3 N–H and O–H groups in total. The number of aliphatic hydroxyl groups is 2. The van der Waals surface area contributed by atoms with E-state index in [1.165, 1.54) is 0 Å². The lowest BCUT2D eigenvalue weighted by Crippen LogP contribution is -2.17. The monoisotopic (exact) mass is 301 g/mol. The third kappa shape index (κ3) is 4.13. The number of nitrogens with zero attached hydrogens (tertiary/aromatic N) is 2. The molecule has 1 heterocycles. The maximum atomic E-state index is 12.0. The predicted octanol–water partition coefficient (Wildman–Crippen LogP) is 1.97. The number of anilines is 1. The van der Waals surface area contributed by atoms with Crippen molar-refractivity contribution < 1.29 is 15.0 Å². The van der Waals surface area contributed by atoms with Gasteiger partial charge in [0.15, 0.2) is 5.66 Å². The van der Waals surface area contributed by atoms with Crippen LogP contribution < -0.4 is 5.32 Å². The summed E-state index contributed by atoms with van der Waals surface area (Å²) in [7, 11) is 0.